The highest BCUT2D eigenvalue weighted by Crippen LogP contribution is 2.22. The molecule has 0 radical (unpaired) electrons. The molecule has 2 rings (SSSR count). The second kappa shape index (κ2) is 7.32. The Hall–Kier alpha value is -2.26. The van der Waals surface area contributed by atoms with E-state index >= 15 is 0 Å². The molecule has 2 aromatic rings. The summed E-state index contributed by atoms with van der Waals surface area (Å²) in [5, 5.41) is 1.96. The van der Waals surface area contributed by atoms with Gasteiger partial charge in [-0.15, -0.1) is 0 Å². The molecule has 1 amide bonds. The van der Waals surface area contributed by atoms with Crippen molar-refractivity contribution in [2.75, 3.05) is 10.0 Å². The van der Waals surface area contributed by atoms with Crippen LogP contribution in [0.3, 0.4) is 0 Å². The van der Waals surface area contributed by atoms with Gasteiger partial charge in [0, 0.05) is 16.4 Å². The van der Waals surface area contributed by atoms with Gasteiger partial charge in [-0.3, -0.25) is 9.52 Å². The lowest BCUT2D eigenvalue weighted by Crippen LogP contribution is -2.29. The highest BCUT2D eigenvalue weighted by atomic mass is 35.5. The maximum absolute atomic E-state index is 12.2. The zero-order valence-corrected chi connectivity index (χ0v) is 14.0. The van der Waals surface area contributed by atoms with Crippen molar-refractivity contribution in [3.63, 3.8) is 0 Å². The number of anilines is 2. The van der Waals surface area contributed by atoms with Crippen LogP contribution in [0.5, 0.6) is 0 Å². The number of alkyl halides is 3. The lowest BCUT2D eigenvalue weighted by molar-refractivity contribution is -0.167. The molecule has 134 valence electrons. The van der Waals surface area contributed by atoms with E-state index in [1.54, 1.807) is 29.6 Å². The summed E-state index contributed by atoms with van der Waals surface area (Å²) in [4.78, 5) is 10.8. The van der Waals surface area contributed by atoms with E-state index in [4.69, 9.17) is 11.6 Å². The molecule has 0 aromatic heterocycles. The first-order valence-corrected chi connectivity index (χ1v) is 8.82. The molecule has 5 nitrogen and oxygen atoms in total. The largest absolute Gasteiger partial charge is 0.471 e. The van der Waals surface area contributed by atoms with Crippen molar-refractivity contribution in [1.29, 1.82) is 0 Å². The third-order valence-corrected chi connectivity index (χ3v) is 4.58. The van der Waals surface area contributed by atoms with E-state index in [0.717, 1.165) is 12.1 Å². The molecule has 0 aliphatic rings. The van der Waals surface area contributed by atoms with E-state index in [1.165, 1.54) is 12.1 Å². The van der Waals surface area contributed by atoms with Crippen LogP contribution < -0.4 is 10.0 Å². The van der Waals surface area contributed by atoms with Gasteiger partial charge < -0.3 is 5.32 Å². The number of hydrogen-bond acceptors (Lipinski definition) is 3. The molecule has 10 heteroatoms. The van der Waals surface area contributed by atoms with Gasteiger partial charge in [-0.25, -0.2) is 8.42 Å². The normalized spacial score (nSPS) is 11.8. The van der Waals surface area contributed by atoms with Crippen LogP contribution in [0.2, 0.25) is 5.02 Å². The summed E-state index contributed by atoms with van der Waals surface area (Å²) in [6, 6.07) is 11.2. The van der Waals surface area contributed by atoms with Crippen LogP contribution in [0.25, 0.3) is 0 Å². The van der Waals surface area contributed by atoms with Crippen LogP contribution in [0.4, 0.5) is 24.5 Å². The molecule has 2 N–H and O–H groups in total. The van der Waals surface area contributed by atoms with Crippen LogP contribution in [-0.4, -0.2) is 20.5 Å². The number of nitrogens with one attached hydrogen (secondary N) is 2. The quantitative estimate of drug-likeness (QED) is 0.813. The Balaban J connectivity index is 2.05. The first-order valence-electron chi connectivity index (χ1n) is 6.79. The van der Waals surface area contributed by atoms with Crippen molar-refractivity contribution in [2.45, 2.75) is 11.9 Å². The summed E-state index contributed by atoms with van der Waals surface area (Å²) in [7, 11) is -3.77. The topological polar surface area (TPSA) is 75.3 Å². The van der Waals surface area contributed by atoms with Crippen LogP contribution in [-0.2, 0) is 20.6 Å². The van der Waals surface area contributed by atoms with Crippen LogP contribution in [0.1, 0.15) is 5.56 Å². The van der Waals surface area contributed by atoms with E-state index < -0.39 is 22.1 Å². The third-order valence-electron chi connectivity index (χ3n) is 2.98. The van der Waals surface area contributed by atoms with Crippen LogP contribution >= 0.6 is 11.6 Å². The minimum Gasteiger partial charge on any atom is -0.318 e. The Morgan fingerprint density at radius 1 is 1.00 bits per heavy atom. The van der Waals surface area contributed by atoms with Crippen molar-refractivity contribution in [1.82, 2.24) is 0 Å². The fourth-order valence-electron chi connectivity index (χ4n) is 1.86. The smallest absolute Gasteiger partial charge is 0.318 e. The summed E-state index contributed by atoms with van der Waals surface area (Å²) in [5.74, 6) is -2.47. The van der Waals surface area contributed by atoms with Crippen molar-refractivity contribution in [2.24, 2.45) is 0 Å². The fourth-order valence-corrected chi connectivity index (χ4v) is 3.37. The molecule has 0 aliphatic heterocycles. The Labute approximate surface area is 146 Å². The number of benzene rings is 2. The Kier molecular flexibility index (Phi) is 5.58. The Bertz CT molecular complexity index is 868. The van der Waals surface area contributed by atoms with E-state index in [9.17, 15) is 26.4 Å². The maximum Gasteiger partial charge on any atom is 0.471 e. The molecule has 25 heavy (non-hydrogen) atoms. The third kappa shape index (κ3) is 5.64. The van der Waals surface area contributed by atoms with Gasteiger partial charge in [-0.2, -0.15) is 13.2 Å². The predicted octanol–water partition coefficient (Wildman–Crippen LogP) is 3.78. The maximum atomic E-state index is 12.2. The van der Waals surface area contributed by atoms with E-state index in [-0.39, 0.29) is 17.1 Å². The Morgan fingerprint density at radius 3 is 2.12 bits per heavy atom. The van der Waals surface area contributed by atoms with Gasteiger partial charge in [0.15, 0.2) is 0 Å². The summed E-state index contributed by atoms with van der Waals surface area (Å²) >= 11 is 5.91. The average molecular weight is 393 g/mol. The molecule has 0 unspecified atom stereocenters. The second-order valence-corrected chi connectivity index (χ2v) is 7.11. The molecule has 2 aromatic carbocycles. The van der Waals surface area contributed by atoms with Crippen LogP contribution in [0, 0.1) is 0 Å². The molecular formula is C15H12ClF3N2O3S. The standard InChI is InChI=1S/C15H12ClF3N2O3S/c16-13-4-2-1-3-10(13)9-25(23,24)21-12-7-5-11(6-8-12)20-14(22)15(17,18)19/h1-8,21H,9H2,(H,20,22). The molecule has 0 saturated carbocycles. The average Bonchev–Trinajstić information content (AvgIpc) is 2.50. The lowest BCUT2D eigenvalue weighted by Gasteiger charge is -2.11. The summed E-state index contributed by atoms with van der Waals surface area (Å²) in [6.45, 7) is 0. The molecule has 0 aliphatic carbocycles. The van der Waals surface area contributed by atoms with Gasteiger partial charge >= 0.3 is 12.1 Å². The van der Waals surface area contributed by atoms with Gasteiger partial charge in [-0.1, -0.05) is 29.8 Å². The number of halogens is 4. The number of carbonyl (C=O) groups excluding carboxylic acids is 1. The molecule has 0 saturated heterocycles. The number of sulfonamides is 1. The summed E-state index contributed by atoms with van der Waals surface area (Å²) < 4.78 is 63.0. The zero-order chi connectivity index (χ0) is 18.7. The summed E-state index contributed by atoms with van der Waals surface area (Å²) in [5.41, 5.74) is 0.430. The van der Waals surface area contributed by atoms with Crippen molar-refractivity contribution in [3.8, 4) is 0 Å². The van der Waals surface area contributed by atoms with Crippen molar-refractivity contribution < 1.29 is 26.4 Å². The van der Waals surface area contributed by atoms with Gasteiger partial charge in [0.2, 0.25) is 10.0 Å². The molecular weight excluding hydrogens is 381 g/mol. The first kappa shape index (κ1) is 19.1. The van der Waals surface area contributed by atoms with Gasteiger partial charge in [0.1, 0.15) is 0 Å². The van der Waals surface area contributed by atoms with Gasteiger partial charge in [-0.05, 0) is 35.9 Å². The minimum atomic E-state index is -5.00. The molecule has 0 atom stereocenters. The van der Waals surface area contributed by atoms with E-state index in [2.05, 4.69) is 4.72 Å². The highest BCUT2D eigenvalue weighted by Gasteiger charge is 2.38. The van der Waals surface area contributed by atoms with E-state index in [0.29, 0.717) is 10.6 Å². The fraction of sp³-hybridized carbons (Fsp3) is 0.133. The molecule has 0 fully saturated rings. The number of amides is 1. The van der Waals surface area contributed by atoms with Crippen molar-refractivity contribution >= 4 is 38.9 Å². The number of carbonyl (C=O) groups is 1. The van der Waals surface area contributed by atoms with Crippen molar-refractivity contribution in [3.05, 3.63) is 59.1 Å². The summed E-state index contributed by atoms with van der Waals surface area (Å²) in [6.07, 6.45) is -5.00. The molecule has 0 spiro atoms. The molecule has 0 heterocycles. The second-order valence-electron chi connectivity index (χ2n) is 4.98. The predicted molar refractivity (Wildman–Crippen MR) is 88.8 cm³/mol. The van der Waals surface area contributed by atoms with Gasteiger partial charge in [0.05, 0.1) is 5.75 Å². The highest BCUT2D eigenvalue weighted by molar-refractivity contribution is 7.91. The zero-order valence-electron chi connectivity index (χ0n) is 12.5. The number of rotatable bonds is 5. The monoisotopic (exact) mass is 392 g/mol. The first-order chi connectivity index (χ1) is 11.6. The Morgan fingerprint density at radius 2 is 1.56 bits per heavy atom. The van der Waals surface area contributed by atoms with E-state index in [1.807, 2.05) is 0 Å². The molecule has 0 bridgehead atoms. The number of hydrogen-bond donors (Lipinski definition) is 2. The SMILES string of the molecule is O=C(Nc1ccc(NS(=O)(=O)Cc2ccccc2Cl)cc1)C(F)(F)F. The van der Waals surface area contributed by atoms with Gasteiger partial charge in [0.25, 0.3) is 0 Å². The minimum absolute atomic E-state index is 0.114. The van der Waals surface area contributed by atoms with Crippen LogP contribution in [0.15, 0.2) is 48.5 Å². The lowest BCUT2D eigenvalue weighted by atomic mass is 10.2.